The van der Waals surface area contributed by atoms with E-state index in [0.717, 1.165) is 17.9 Å². The zero-order valence-corrected chi connectivity index (χ0v) is 8.33. The molecule has 0 unspecified atom stereocenters. The molecule has 1 heterocycles. The maximum atomic E-state index is 4.19. The highest BCUT2D eigenvalue weighted by Gasteiger charge is 1.88. The van der Waals surface area contributed by atoms with E-state index in [9.17, 15) is 0 Å². The predicted molar refractivity (Wildman–Crippen MR) is 60.8 cm³/mol. The second-order valence-electron chi connectivity index (χ2n) is 2.72. The summed E-state index contributed by atoms with van der Waals surface area (Å²) < 4.78 is 0. The van der Waals surface area contributed by atoms with E-state index in [1.807, 2.05) is 31.5 Å². The number of nitrogens with zero attached hydrogens (tertiary/aromatic N) is 1. The fourth-order valence-corrected chi connectivity index (χ4v) is 0.915. The molecule has 0 atom stereocenters. The fourth-order valence-electron chi connectivity index (χ4n) is 0.915. The van der Waals surface area contributed by atoms with Crippen molar-refractivity contribution in [2.75, 3.05) is 11.9 Å². The van der Waals surface area contributed by atoms with Gasteiger partial charge < -0.3 is 10.6 Å². The molecule has 0 saturated carbocycles. The van der Waals surface area contributed by atoms with Crippen LogP contribution in [-0.4, -0.2) is 11.5 Å². The van der Waals surface area contributed by atoms with E-state index >= 15 is 0 Å². The lowest BCUT2D eigenvalue weighted by Crippen LogP contribution is -2.03. The molecule has 0 amide bonds. The van der Waals surface area contributed by atoms with Gasteiger partial charge in [0.1, 0.15) is 5.82 Å². The van der Waals surface area contributed by atoms with Gasteiger partial charge in [-0.05, 0) is 24.6 Å². The Morgan fingerprint density at radius 3 is 2.86 bits per heavy atom. The molecule has 0 aliphatic heterocycles. The molecule has 2 N–H and O–H groups in total. The van der Waals surface area contributed by atoms with E-state index in [1.54, 1.807) is 12.3 Å². The minimum atomic E-state index is 0.824. The van der Waals surface area contributed by atoms with Gasteiger partial charge in [-0.2, -0.15) is 0 Å². The van der Waals surface area contributed by atoms with E-state index in [0.29, 0.717) is 0 Å². The van der Waals surface area contributed by atoms with Gasteiger partial charge in [0.2, 0.25) is 0 Å². The van der Waals surface area contributed by atoms with Crippen molar-refractivity contribution in [1.29, 1.82) is 0 Å². The van der Waals surface area contributed by atoms with E-state index < -0.39 is 0 Å². The van der Waals surface area contributed by atoms with E-state index in [2.05, 4.69) is 22.2 Å². The summed E-state index contributed by atoms with van der Waals surface area (Å²) in [7, 11) is 0. The van der Waals surface area contributed by atoms with E-state index in [-0.39, 0.29) is 0 Å². The van der Waals surface area contributed by atoms with Crippen molar-refractivity contribution in [2.24, 2.45) is 0 Å². The number of hydrogen-bond donors (Lipinski definition) is 2. The largest absolute Gasteiger partial charge is 0.390 e. The van der Waals surface area contributed by atoms with Crippen molar-refractivity contribution in [3.8, 4) is 0 Å². The van der Waals surface area contributed by atoms with Crippen LogP contribution in [0.25, 0.3) is 6.08 Å². The molecule has 0 radical (unpaired) electrons. The Balaban J connectivity index is 2.47. The maximum absolute atomic E-state index is 4.19. The van der Waals surface area contributed by atoms with Crippen LogP contribution in [0.15, 0.2) is 37.3 Å². The highest BCUT2D eigenvalue weighted by atomic mass is 15.0. The first-order valence-corrected chi connectivity index (χ1v) is 4.60. The van der Waals surface area contributed by atoms with Crippen LogP contribution in [0.4, 0.5) is 5.82 Å². The average Bonchev–Trinajstić information content (AvgIpc) is 2.25. The summed E-state index contributed by atoms with van der Waals surface area (Å²) in [6.07, 6.45) is 7.21. The molecule has 0 saturated heterocycles. The van der Waals surface area contributed by atoms with Gasteiger partial charge in [-0.25, -0.2) is 4.98 Å². The summed E-state index contributed by atoms with van der Waals surface area (Å²) >= 11 is 0. The SMILES string of the molecule is C=Cc1ccc(N/C=C\NCC)nc1. The topological polar surface area (TPSA) is 37.0 Å². The Labute approximate surface area is 84.6 Å². The Hall–Kier alpha value is -1.77. The van der Waals surface area contributed by atoms with Crippen molar-refractivity contribution in [3.05, 3.63) is 42.9 Å². The number of rotatable bonds is 5. The summed E-state index contributed by atoms with van der Waals surface area (Å²) in [6.45, 7) is 6.62. The summed E-state index contributed by atoms with van der Waals surface area (Å²) in [5.41, 5.74) is 1.02. The molecule has 1 aromatic heterocycles. The normalized spacial score (nSPS) is 10.1. The summed E-state index contributed by atoms with van der Waals surface area (Å²) in [4.78, 5) is 4.19. The van der Waals surface area contributed by atoms with Gasteiger partial charge in [-0.1, -0.05) is 12.7 Å². The Bertz CT molecular complexity index is 301. The Morgan fingerprint density at radius 2 is 2.29 bits per heavy atom. The van der Waals surface area contributed by atoms with Crippen molar-refractivity contribution in [2.45, 2.75) is 6.92 Å². The lowest BCUT2D eigenvalue weighted by Gasteiger charge is -1.99. The fraction of sp³-hybridized carbons (Fsp3) is 0.182. The minimum Gasteiger partial charge on any atom is -0.390 e. The first-order valence-electron chi connectivity index (χ1n) is 4.60. The molecule has 1 aromatic rings. The van der Waals surface area contributed by atoms with Crippen molar-refractivity contribution in [3.63, 3.8) is 0 Å². The second-order valence-corrected chi connectivity index (χ2v) is 2.72. The summed E-state index contributed by atoms with van der Waals surface area (Å²) in [6, 6.07) is 3.87. The number of hydrogen-bond acceptors (Lipinski definition) is 3. The standard InChI is InChI=1S/C11H15N3/c1-3-10-5-6-11(14-9-10)13-8-7-12-4-2/h3,5-9,12H,1,4H2,2H3,(H,13,14)/b8-7-. The highest BCUT2D eigenvalue weighted by Crippen LogP contribution is 2.05. The Morgan fingerprint density at radius 1 is 1.43 bits per heavy atom. The lowest BCUT2D eigenvalue weighted by molar-refractivity contribution is 0.918. The number of nitrogens with one attached hydrogen (secondary N) is 2. The van der Waals surface area contributed by atoms with Crippen molar-refractivity contribution in [1.82, 2.24) is 10.3 Å². The molecule has 0 spiro atoms. The molecule has 3 nitrogen and oxygen atoms in total. The quantitative estimate of drug-likeness (QED) is 0.745. The lowest BCUT2D eigenvalue weighted by atomic mass is 10.3. The van der Waals surface area contributed by atoms with Gasteiger partial charge in [-0.15, -0.1) is 0 Å². The number of anilines is 1. The van der Waals surface area contributed by atoms with Crippen LogP contribution < -0.4 is 10.6 Å². The van der Waals surface area contributed by atoms with E-state index in [1.165, 1.54) is 0 Å². The van der Waals surface area contributed by atoms with Crippen molar-refractivity contribution < 1.29 is 0 Å². The van der Waals surface area contributed by atoms with Crippen LogP contribution in [-0.2, 0) is 0 Å². The molecule has 0 bridgehead atoms. The first kappa shape index (κ1) is 10.3. The van der Waals surface area contributed by atoms with Gasteiger partial charge in [0.25, 0.3) is 0 Å². The summed E-state index contributed by atoms with van der Waals surface area (Å²) in [5.74, 6) is 0.824. The Kier molecular flexibility index (Phi) is 4.27. The van der Waals surface area contributed by atoms with Gasteiger partial charge in [0, 0.05) is 25.1 Å². The van der Waals surface area contributed by atoms with Gasteiger partial charge in [0.05, 0.1) is 0 Å². The van der Waals surface area contributed by atoms with Crippen molar-refractivity contribution >= 4 is 11.9 Å². The molecular formula is C11H15N3. The predicted octanol–water partition coefficient (Wildman–Crippen LogP) is 2.22. The van der Waals surface area contributed by atoms with Gasteiger partial charge in [0.15, 0.2) is 0 Å². The third kappa shape index (κ3) is 3.31. The monoisotopic (exact) mass is 189 g/mol. The third-order valence-corrected chi connectivity index (χ3v) is 1.66. The molecular weight excluding hydrogens is 174 g/mol. The van der Waals surface area contributed by atoms with Gasteiger partial charge in [-0.3, -0.25) is 0 Å². The molecule has 74 valence electrons. The zero-order valence-electron chi connectivity index (χ0n) is 8.33. The van der Waals surface area contributed by atoms with Crippen LogP contribution in [0.2, 0.25) is 0 Å². The second kappa shape index (κ2) is 5.80. The average molecular weight is 189 g/mol. The molecule has 1 rings (SSSR count). The van der Waals surface area contributed by atoms with Crippen LogP contribution in [0, 0.1) is 0 Å². The maximum Gasteiger partial charge on any atom is 0.129 e. The number of aromatic nitrogens is 1. The molecule has 0 fully saturated rings. The number of pyridine rings is 1. The van der Waals surface area contributed by atoms with E-state index in [4.69, 9.17) is 0 Å². The molecule has 3 heteroatoms. The summed E-state index contributed by atoms with van der Waals surface area (Å²) in [5, 5.41) is 6.10. The van der Waals surface area contributed by atoms with Gasteiger partial charge >= 0.3 is 0 Å². The minimum absolute atomic E-state index is 0.824. The first-order chi connectivity index (χ1) is 6.86. The molecule has 0 aliphatic rings. The molecule has 0 aromatic carbocycles. The third-order valence-electron chi connectivity index (χ3n) is 1.66. The smallest absolute Gasteiger partial charge is 0.129 e. The van der Waals surface area contributed by atoms with Crippen LogP contribution in [0.5, 0.6) is 0 Å². The van der Waals surface area contributed by atoms with Crippen LogP contribution in [0.3, 0.4) is 0 Å². The zero-order chi connectivity index (χ0) is 10.2. The van der Waals surface area contributed by atoms with Crippen LogP contribution in [0.1, 0.15) is 12.5 Å². The highest BCUT2D eigenvalue weighted by molar-refractivity contribution is 5.49. The van der Waals surface area contributed by atoms with Crippen LogP contribution >= 0.6 is 0 Å². The molecule has 0 aliphatic carbocycles. The molecule has 14 heavy (non-hydrogen) atoms.